The van der Waals surface area contributed by atoms with Gasteiger partial charge in [0.2, 0.25) is 0 Å². The van der Waals surface area contributed by atoms with Crippen LogP contribution in [0, 0.1) is 0 Å². The molecule has 0 aliphatic carbocycles. The van der Waals surface area contributed by atoms with Crippen LogP contribution in [-0.4, -0.2) is 47.9 Å². The minimum absolute atomic E-state index is 0.130. The van der Waals surface area contributed by atoms with E-state index in [1.165, 1.54) is 7.11 Å². The van der Waals surface area contributed by atoms with Crippen molar-refractivity contribution in [1.29, 1.82) is 0 Å². The third kappa shape index (κ3) is 4.27. The standard InChI is InChI=1S/C16H24N2O4/c1-16(2,3)22-15(20)18-9-12(10-18)17-8-11-5-6-14(21-4)13(19)7-11/h5-7,12,17,19H,8-10H2,1-4H3. The van der Waals surface area contributed by atoms with Crippen molar-refractivity contribution in [2.75, 3.05) is 20.2 Å². The molecule has 1 aromatic rings. The molecule has 1 heterocycles. The Morgan fingerprint density at radius 1 is 1.41 bits per heavy atom. The van der Waals surface area contributed by atoms with Gasteiger partial charge in [0, 0.05) is 25.7 Å². The summed E-state index contributed by atoms with van der Waals surface area (Å²) >= 11 is 0. The molecule has 1 aliphatic heterocycles. The summed E-state index contributed by atoms with van der Waals surface area (Å²) in [4.78, 5) is 13.5. The van der Waals surface area contributed by atoms with Crippen LogP contribution in [0.1, 0.15) is 26.3 Å². The van der Waals surface area contributed by atoms with E-state index >= 15 is 0 Å². The van der Waals surface area contributed by atoms with Crippen molar-refractivity contribution in [1.82, 2.24) is 10.2 Å². The predicted octanol–water partition coefficient (Wildman–Crippen LogP) is 2.11. The molecular formula is C16H24N2O4. The third-order valence-corrected chi connectivity index (χ3v) is 3.37. The van der Waals surface area contributed by atoms with Crippen molar-refractivity contribution >= 4 is 6.09 Å². The smallest absolute Gasteiger partial charge is 0.410 e. The summed E-state index contributed by atoms with van der Waals surface area (Å²) in [5, 5.41) is 13.1. The number of hydrogen-bond acceptors (Lipinski definition) is 5. The zero-order valence-electron chi connectivity index (χ0n) is 13.5. The molecule has 1 fully saturated rings. The maximum absolute atomic E-state index is 11.8. The van der Waals surface area contributed by atoms with E-state index in [4.69, 9.17) is 9.47 Å². The number of aromatic hydroxyl groups is 1. The normalized spacial score (nSPS) is 15.4. The van der Waals surface area contributed by atoms with Gasteiger partial charge in [0.1, 0.15) is 5.60 Å². The van der Waals surface area contributed by atoms with Gasteiger partial charge in [-0.1, -0.05) is 6.07 Å². The second kappa shape index (κ2) is 6.44. The molecule has 0 saturated carbocycles. The quantitative estimate of drug-likeness (QED) is 0.891. The minimum Gasteiger partial charge on any atom is -0.504 e. The van der Waals surface area contributed by atoms with Crippen LogP contribution in [0.4, 0.5) is 4.79 Å². The molecule has 22 heavy (non-hydrogen) atoms. The van der Waals surface area contributed by atoms with E-state index < -0.39 is 5.60 Å². The first-order valence-electron chi connectivity index (χ1n) is 7.35. The molecule has 1 amide bonds. The summed E-state index contributed by atoms with van der Waals surface area (Å²) < 4.78 is 10.3. The largest absolute Gasteiger partial charge is 0.504 e. The van der Waals surface area contributed by atoms with Crippen molar-refractivity contribution < 1.29 is 19.4 Å². The van der Waals surface area contributed by atoms with Crippen LogP contribution in [0.3, 0.4) is 0 Å². The molecule has 0 radical (unpaired) electrons. The molecule has 6 nitrogen and oxygen atoms in total. The van der Waals surface area contributed by atoms with Crippen LogP contribution in [0.15, 0.2) is 18.2 Å². The van der Waals surface area contributed by atoms with Crippen molar-refractivity contribution in [2.45, 2.75) is 39.0 Å². The molecule has 1 saturated heterocycles. The number of nitrogens with one attached hydrogen (secondary N) is 1. The summed E-state index contributed by atoms with van der Waals surface area (Å²) in [5.74, 6) is 0.592. The maximum atomic E-state index is 11.8. The van der Waals surface area contributed by atoms with E-state index in [9.17, 15) is 9.90 Å². The SMILES string of the molecule is COc1ccc(CNC2CN(C(=O)OC(C)(C)C)C2)cc1O. The first-order chi connectivity index (χ1) is 10.3. The van der Waals surface area contributed by atoms with Gasteiger partial charge in [0.25, 0.3) is 0 Å². The number of likely N-dealkylation sites (tertiary alicyclic amines) is 1. The van der Waals surface area contributed by atoms with Gasteiger partial charge in [-0.05, 0) is 38.5 Å². The zero-order valence-corrected chi connectivity index (χ0v) is 13.5. The van der Waals surface area contributed by atoms with Gasteiger partial charge < -0.3 is 24.8 Å². The summed E-state index contributed by atoms with van der Waals surface area (Å²) in [5.41, 5.74) is 0.505. The van der Waals surface area contributed by atoms with Crippen LogP contribution < -0.4 is 10.1 Å². The first kappa shape index (κ1) is 16.4. The molecule has 0 spiro atoms. The molecule has 122 valence electrons. The highest BCUT2D eigenvalue weighted by atomic mass is 16.6. The second-order valence-electron chi connectivity index (χ2n) is 6.47. The third-order valence-electron chi connectivity index (χ3n) is 3.37. The Bertz CT molecular complexity index is 533. The number of hydrogen-bond donors (Lipinski definition) is 2. The van der Waals surface area contributed by atoms with Crippen LogP contribution >= 0.6 is 0 Å². The van der Waals surface area contributed by atoms with E-state index in [2.05, 4.69) is 5.32 Å². The Morgan fingerprint density at radius 2 is 2.09 bits per heavy atom. The van der Waals surface area contributed by atoms with E-state index in [-0.39, 0.29) is 17.9 Å². The van der Waals surface area contributed by atoms with Crippen molar-refractivity contribution in [3.05, 3.63) is 23.8 Å². The highest BCUT2D eigenvalue weighted by molar-refractivity contribution is 5.69. The molecule has 1 aliphatic rings. The van der Waals surface area contributed by atoms with Gasteiger partial charge in [-0.25, -0.2) is 4.79 Å². The highest BCUT2D eigenvalue weighted by Gasteiger charge is 2.33. The fourth-order valence-corrected chi connectivity index (χ4v) is 2.19. The molecule has 0 unspecified atom stereocenters. The van der Waals surface area contributed by atoms with Crippen molar-refractivity contribution in [3.63, 3.8) is 0 Å². The number of methoxy groups -OCH3 is 1. The molecule has 6 heteroatoms. The molecule has 2 rings (SSSR count). The lowest BCUT2D eigenvalue weighted by molar-refractivity contribution is 0.00519. The lowest BCUT2D eigenvalue weighted by Gasteiger charge is -2.40. The van der Waals surface area contributed by atoms with E-state index in [0.29, 0.717) is 25.4 Å². The Kier molecular flexibility index (Phi) is 4.81. The molecular weight excluding hydrogens is 284 g/mol. The van der Waals surface area contributed by atoms with Crippen molar-refractivity contribution in [2.24, 2.45) is 0 Å². The van der Waals surface area contributed by atoms with Gasteiger partial charge in [-0.3, -0.25) is 0 Å². The number of rotatable bonds is 4. The average Bonchev–Trinajstić information content (AvgIpc) is 2.34. The summed E-state index contributed by atoms with van der Waals surface area (Å²) in [7, 11) is 1.52. The molecule has 0 atom stereocenters. The topological polar surface area (TPSA) is 71.0 Å². The number of phenols is 1. The average molecular weight is 308 g/mol. The van der Waals surface area contributed by atoms with Gasteiger partial charge in [-0.2, -0.15) is 0 Å². The molecule has 1 aromatic carbocycles. The molecule has 0 bridgehead atoms. The Morgan fingerprint density at radius 3 is 2.64 bits per heavy atom. The Labute approximate surface area is 131 Å². The first-order valence-corrected chi connectivity index (χ1v) is 7.35. The monoisotopic (exact) mass is 308 g/mol. The zero-order chi connectivity index (χ0) is 16.3. The van der Waals surface area contributed by atoms with Gasteiger partial charge in [-0.15, -0.1) is 0 Å². The lowest BCUT2D eigenvalue weighted by atomic mass is 10.1. The fraction of sp³-hybridized carbons (Fsp3) is 0.562. The van der Waals surface area contributed by atoms with Gasteiger partial charge in [0.05, 0.1) is 7.11 Å². The number of amides is 1. The second-order valence-corrected chi connectivity index (χ2v) is 6.47. The predicted molar refractivity (Wildman–Crippen MR) is 83.1 cm³/mol. The number of carbonyl (C=O) groups excluding carboxylic acids is 1. The maximum Gasteiger partial charge on any atom is 0.410 e. The fourth-order valence-electron chi connectivity index (χ4n) is 2.19. The lowest BCUT2D eigenvalue weighted by Crippen LogP contribution is -2.60. The minimum atomic E-state index is -0.462. The van der Waals surface area contributed by atoms with Crippen molar-refractivity contribution in [3.8, 4) is 11.5 Å². The number of nitrogens with zero attached hydrogens (tertiary/aromatic N) is 1. The number of benzene rings is 1. The Hall–Kier alpha value is -1.95. The van der Waals surface area contributed by atoms with Gasteiger partial charge in [0.15, 0.2) is 11.5 Å². The summed E-state index contributed by atoms with van der Waals surface area (Å²) in [6.45, 7) is 7.47. The highest BCUT2D eigenvalue weighted by Crippen LogP contribution is 2.26. The van der Waals surface area contributed by atoms with Gasteiger partial charge >= 0.3 is 6.09 Å². The number of carbonyl (C=O) groups is 1. The van der Waals surface area contributed by atoms with E-state index in [1.54, 1.807) is 17.0 Å². The Balaban J connectivity index is 1.74. The number of ether oxygens (including phenoxy) is 2. The van der Waals surface area contributed by atoms with Crippen LogP contribution in [-0.2, 0) is 11.3 Å². The molecule has 0 aromatic heterocycles. The van der Waals surface area contributed by atoms with Crippen LogP contribution in [0.2, 0.25) is 0 Å². The number of phenolic OH excluding ortho intramolecular Hbond substituents is 1. The summed E-state index contributed by atoms with van der Waals surface area (Å²) in [6.07, 6.45) is -0.271. The van der Waals surface area contributed by atoms with Crippen LogP contribution in [0.5, 0.6) is 11.5 Å². The van der Waals surface area contributed by atoms with E-state index in [0.717, 1.165) is 5.56 Å². The molecule has 2 N–H and O–H groups in total. The van der Waals surface area contributed by atoms with E-state index in [1.807, 2.05) is 26.8 Å². The summed E-state index contributed by atoms with van der Waals surface area (Å²) in [6, 6.07) is 5.56. The van der Waals surface area contributed by atoms with Crippen LogP contribution in [0.25, 0.3) is 0 Å².